The molecule has 16 heteroatoms. The van der Waals surface area contributed by atoms with Gasteiger partial charge in [0.25, 0.3) is 0 Å². The van der Waals surface area contributed by atoms with Crippen LogP contribution in [0.25, 0.3) is 0 Å². The molecule has 2 fully saturated rings. The number of amides is 5. The Hall–Kier alpha value is -3.92. The largest absolute Gasteiger partial charge is 0.444 e. The molecule has 0 aliphatic carbocycles. The van der Waals surface area contributed by atoms with Crippen molar-refractivity contribution in [3.63, 3.8) is 0 Å². The summed E-state index contributed by atoms with van der Waals surface area (Å²) in [6, 6.07) is 0.00925. The number of hydrogen-bond donors (Lipinski definition) is 5. The van der Waals surface area contributed by atoms with E-state index in [1.807, 2.05) is 0 Å². The third-order valence-corrected chi connectivity index (χ3v) is 8.27. The van der Waals surface area contributed by atoms with E-state index in [0.717, 1.165) is 12.1 Å². The molecule has 6 N–H and O–H groups in total. The summed E-state index contributed by atoms with van der Waals surface area (Å²) in [4.78, 5) is 69.0. The number of nitrogens with zero attached hydrogens (tertiary/aromatic N) is 2. The Balaban J connectivity index is 1.97. The number of primary amides is 1. The summed E-state index contributed by atoms with van der Waals surface area (Å²) >= 11 is 0. The van der Waals surface area contributed by atoms with Gasteiger partial charge < -0.3 is 41.1 Å². The van der Waals surface area contributed by atoms with Gasteiger partial charge in [0.2, 0.25) is 23.6 Å². The van der Waals surface area contributed by atoms with Crippen molar-refractivity contribution in [1.29, 1.82) is 0 Å². The molecule has 2 saturated heterocycles. The maximum Gasteiger partial charge on any atom is 0.416 e. The summed E-state index contributed by atoms with van der Waals surface area (Å²) in [5.74, 6) is -3.27. The van der Waals surface area contributed by atoms with Crippen molar-refractivity contribution >= 4 is 29.7 Å². The quantitative estimate of drug-likeness (QED) is 0.245. The Kier molecular flexibility index (Phi) is 11.5. The topological polar surface area (TPSA) is 192 Å². The second-order valence-electron chi connectivity index (χ2n) is 13.1. The molecule has 1 aromatic rings. The minimum Gasteiger partial charge on any atom is -0.444 e. The Labute approximate surface area is 271 Å². The summed E-state index contributed by atoms with van der Waals surface area (Å²) in [7, 11) is 0. The Morgan fingerprint density at radius 1 is 0.979 bits per heavy atom. The molecular formula is C31H44F3N5O8. The van der Waals surface area contributed by atoms with E-state index in [0.29, 0.717) is 12.8 Å². The molecule has 6 atom stereocenters. The van der Waals surface area contributed by atoms with Gasteiger partial charge in [0.15, 0.2) is 0 Å². The van der Waals surface area contributed by atoms with Gasteiger partial charge in [0, 0.05) is 19.5 Å². The highest BCUT2D eigenvalue weighted by Gasteiger charge is 2.53. The maximum atomic E-state index is 14.3. The van der Waals surface area contributed by atoms with Gasteiger partial charge in [-0.1, -0.05) is 12.1 Å². The average Bonchev–Trinajstić information content (AvgIpc) is 3.60. The number of aliphatic hydroxyl groups is 2. The van der Waals surface area contributed by atoms with E-state index in [2.05, 4.69) is 10.6 Å². The first kappa shape index (κ1) is 37.5. The third kappa shape index (κ3) is 8.91. The molecule has 0 radical (unpaired) electrons. The number of aliphatic hydroxyl groups excluding tert-OH is 2. The van der Waals surface area contributed by atoms with Gasteiger partial charge in [-0.15, -0.1) is 0 Å². The third-order valence-electron chi connectivity index (χ3n) is 8.27. The molecule has 262 valence electrons. The molecule has 0 spiro atoms. The lowest BCUT2D eigenvalue weighted by Crippen LogP contribution is -2.65. The van der Waals surface area contributed by atoms with Gasteiger partial charge in [-0.05, 0) is 78.0 Å². The highest BCUT2D eigenvalue weighted by molar-refractivity contribution is 5.98. The molecule has 2 aliphatic rings. The van der Waals surface area contributed by atoms with E-state index in [4.69, 9.17) is 10.5 Å². The minimum absolute atomic E-state index is 0.0390. The zero-order valence-electron chi connectivity index (χ0n) is 27.1. The number of rotatable bonds is 10. The number of carbonyl (C=O) groups is 5. The summed E-state index contributed by atoms with van der Waals surface area (Å²) < 4.78 is 45.0. The zero-order chi connectivity index (χ0) is 35.5. The first-order valence-electron chi connectivity index (χ1n) is 15.4. The molecule has 0 aromatic heterocycles. The summed E-state index contributed by atoms with van der Waals surface area (Å²) in [6.45, 7) is 7.54. The van der Waals surface area contributed by atoms with E-state index in [1.54, 1.807) is 20.8 Å². The van der Waals surface area contributed by atoms with E-state index >= 15 is 0 Å². The van der Waals surface area contributed by atoms with E-state index < -0.39 is 82.9 Å². The minimum atomic E-state index is -4.60. The summed E-state index contributed by atoms with van der Waals surface area (Å²) in [5, 5.41) is 25.3. The zero-order valence-corrected chi connectivity index (χ0v) is 27.1. The monoisotopic (exact) mass is 671 g/mol. The van der Waals surface area contributed by atoms with Crippen LogP contribution in [0.2, 0.25) is 0 Å². The number of likely N-dealkylation sites (tertiary alicyclic amines) is 2. The molecule has 2 heterocycles. The molecule has 1 unspecified atom stereocenters. The number of alkyl carbamates (subject to hydrolysis) is 1. The fraction of sp³-hybridized carbons (Fsp3) is 0.645. The van der Waals surface area contributed by atoms with Crippen molar-refractivity contribution < 1.29 is 52.1 Å². The van der Waals surface area contributed by atoms with Crippen LogP contribution in [-0.2, 0) is 36.5 Å². The van der Waals surface area contributed by atoms with Crippen molar-refractivity contribution in [3.8, 4) is 0 Å². The van der Waals surface area contributed by atoms with Gasteiger partial charge in [-0.3, -0.25) is 19.2 Å². The molecular weight excluding hydrogens is 627 g/mol. The highest BCUT2D eigenvalue weighted by atomic mass is 19.4. The normalized spacial score (nSPS) is 22.6. The van der Waals surface area contributed by atoms with Crippen molar-refractivity contribution in [2.75, 3.05) is 13.1 Å². The Morgan fingerprint density at radius 3 is 2.09 bits per heavy atom. The molecule has 0 bridgehead atoms. The number of nitrogens with one attached hydrogen (secondary N) is 2. The van der Waals surface area contributed by atoms with Crippen molar-refractivity contribution in [2.24, 2.45) is 5.73 Å². The highest BCUT2D eigenvalue weighted by Crippen LogP contribution is 2.37. The fourth-order valence-electron chi connectivity index (χ4n) is 6.02. The number of benzene rings is 1. The lowest BCUT2D eigenvalue weighted by atomic mass is 9.85. The molecule has 13 nitrogen and oxygen atoms in total. The molecule has 1 aromatic carbocycles. The lowest BCUT2D eigenvalue weighted by molar-refractivity contribution is -0.153. The first-order chi connectivity index (χ1) is 21.7. The summed E-state index contributed by atoms with van der Waals surface area (Å²) in [5.41, 5.74) is 2.16. The van der Waals surface area contributed by atoms with Crippen LogP contribution in [-0.4, -0.2) is 104 Å². The standard InChI is InChI=1S/C31H44F3N5O8/c1-17(40)22(24(35)42)36-27(45)30(16-19-9-11-20(12-10-19)31(32,33)34)13-7-15-39(30)25(43)21-8-6-14-38(21)26(44)23(18(2)41)37-28(46)47-29(3,4)5/h9-12,17-18,21-23,40-41H,6-8,13-16H2,1-5H3,(H2,35,42)(H,36,45)(H,37,46)/t17-,18-,21+,22?,23+,30+/m1/s1. The first-order valence-corrected chi connectivity index (χ1v) is 15.4. The Bertz CT molecular complexity index is 1330. The predicted molar refractivity (Wildman–Crippen MR) is 161 cm³/mol. The van der Waals surface area contributed by atoms with Crippen molar-refractivity contribution in [3.05, 3.63) is 35.4 Å². The second kappa shape index (κ2) is 14.5. The SMILES string of the molecule is C[C@@H](O)C(NC(=O)[C@@]1(Cc2ccc(C(F)(F)F)cc2)CCCN1C(=O)[C@@H]1CCCN1C(=O)[C@@H](NC(=O)OC(C)(C)C)[C@@H](C)O)C(N)=O. The van der Waals surface area contributed by atoms with Gasteiger partial charge in [0.05, 0.1) is 17.8 Å². The number of ether oxygens (including phenoxy) is 1. The van der Waals surface area contributed by atoms with E-state index in [9.17, 15) is 47.4 Å². The van der Waals surface area contributed by atoms with Crippen molar-refractivity contribution in [1.82, 2.24) is 20.4 Å². The molecule has 47 heavy (non-hydrogen) atoms. The predicted octanol–water partition coefficient (Wildman–Crippen LogP) is 1.23. The van der Waals surface area contributed by atoms with Crippen LogP contribution in [0.1, 0.15) is 71.4 Å². The number of nitrogens with two attached hydrogens (primary N) is 1. The van der Waals surface area contributed by atoms with Gasteiger partial charge >= 0.3 is 12.3 Å². The summed E-state index contributed by atoms with van der Waals surface area (Å²) in [6.07, 6.45) is -7.64. The number of halogens is 3. The van der Waals surface area contributed by atoms with Crippen LogP contribution in [0.3, 0.4) is 0 Å². The average molecular weight is 672 g/mol. The van der Waals surface area contributed by atoms with Crippen LogP contribution >= 0.6 is 0 Å². The molecule has 3 rings (SSSR count). The van der Waals surface area contributed by atoms with Crippen molar-refractivity contribution in [2.45, 2.75) is 114 Å². The molecule has 5 amide bonds. The van der Waals surface area contributed by atoms with Crippen LogP contribution in [0.5, 0.6) is 0 Å². The van der Waals surface area contributed by atoms with Gasteiger partial charge in [-0.2, -0.15) is 13.2 Å². The van der Waals surface area contributed by atoms with Crippen LogP contribution in [0.4, 0.5) is 18.0 Å². The fourth-order valence-corrected chi connectivity index (χ4v) is 6.02. The Morgan fingerprint density at radius 2 is 1.57 bits per heavy atom. The molecule has 0 saturated carbocycles. The van der Waals surface area contributed by atoms with Gasteiger partial charge in [0.1, 0.15) is 29.3 Å². The molecule has 2 aliphatic heterocycles. The maximum absolute atomic E-state index is 14.3. The lowest BCUT2D eigenvalue weighted by Gasteiger charge is -2.41. The number of carbonyl (C=O) groups excluding carboxylic acids is 5. The number of alkyl halides is 3. The number of hydrogen-bond acceptors (Lipinski definition) is 8. The smallest absolute Gasteiger partial charge is 0.416 e. The van der Waals surface area contributed by atoms with Crippen LogP contribution in [0, 0.1) is 0 Å². The van der Waals surface area contributed by atoms with E-state index in [-0.39, 0.29) is 37.9 Å². The van der Waals surface area contributed by atoms with Crippen LogP contribution < -0.4 is 16.4 Å². The second-order valence-corrected chi connectivity index (χ2v) is 13.1. The van der Waals surface area contributed by atoms with E-state index in [1.165, 1.54) is 35.8 Å². The van der Waals surface area contributed by atoms with Crippen LogP contribution in [0.15, 0.2) is 24.3 Å². The van der Waals surface area contributed by atoms with Gasteiger partial charge in [-0.25, -0.2) is 4.79 Å².